The molecule has 0 atom stereocenters. The van der Waals surface area contributed by atoms with Gasteiger partial charge < -0.3 is 4.74 Å². The van der Waals surface area contributed by atoms with E-state index in [2.05, 4.69) is 14.7 Å². The van der Waals surface area contributed by atoms with Crippen LogP contribution in [0.3, 0.4) is 0 Å². The molecule has 0 aliphatic rings. The van der Waals surface area contributed by atoms with Crippen LogP contribution >= 0.6 is 11.3 Å². The molecule has 0 fully saturated rings. The minimum absolute atomic E-state index is 0.296. The zero-order valence-corrected chi connectivity index (χ0v) is 8.82. The van der Waals surface area contributed by atoms with Crippen LogP contribution < -0.4 is 0 Å². The lowest BCUT2D eigenvalue weighted by atomic mass is 10.3. The molecule has 0 amide bonds. The topological polar surface area (TPSA) is 52.1 Å². The number of esters is 1. The average Bonchev–Trinajstić information content (AvgIpc) is 2.82. The molecule has 2 aromatic heterocycles. The number of aromatic nitrogens is 2. The number of carbonyl (C=O) groups excluding carboxylic acids is 1. The number of thiazole rings is 1. The highest BCUT2D eigenvalue weighted by Crippen LogP contribution is 2.19. The zero-order chi connectivity index (χ0) is 10.7. The molecule has 15 heavy (non-hydrogen) atoms. The van der Waals surface area contributed by atoms with E-state index in [1.54, 1.807) is 18.3 Å². The molecule has 0 spiro atoms. The van der Waals surface area contributed by atoms with E-state index in [0.29, 0.717) is 11.4 Å². The van der Waals surface area contributed by atoms with Gasteiger partial charge in [0.2, 0.25) is 0 Å². The first-order valence-corrected chi connectivity index (χ1v) is 5.14. The van der Waals surface area contributed by atoms with Gasteiger partial charge in [-0.1, -0.05) is 6.07 Å². The molecular weight excluding hydrogens is 212 g/mol. The van der Waals surface area contributed by atoms with Crippen LogP contribution in [-0.4, -0.2) is 23.0 Å². The van der Waals surface area contributed by atoms with Gasteiger partial charge in [0, 0.05) is 11.6 Å². The van der Waals surface area contributed by atoms with E-state index < -0.39 is 5.97 Å². The molecule has 2 heterocycles. The lowest BCUT2D eigenvalue weighted by Crippen LogP contribution is -2.04. The van der Waals surface area contributed by atoms with Crippen molar-refractivity contribution in [3.63, 3.8) is 0 Å². The van der Waals surface area contributed by atoms with Gasteiger partial charge in [-0.15, -0.1) is 11.3 Å². The summed E-state index contributed by atoms with van der Waals surface area (Å²) in [6.07, 6.45) is 1.70. The first-order chi connectivity index (χ1) is 7.31. The number of carbonyl (C=O) groups is 1. The van der Waals surface area contributed by atoms with Crippen LogP contribution in [-0.2, 0) is 4.74 Å². The van der Waals surface area contributed by atoms with Crippen molar-refractivity contribution >= 4 is 17.3 Å². The summed E-state index contributed by atoms with van der Waals surface area (Å²) in [7, 11) is 1.33. The van der Waals surface area contributed by atoms with Crippen molar-refractivity contribution in [2.45, 2.75) is 0 Å². The molecule has 0 aliphatic carbocycles. The molecule has 0 saturated heterocycles. The predicted molar refractivity (Wildman–Crippen MR) is 56.7 cm³/mol. The smallest absolute Gasteiger partial charge is 0.356 e. The third-order valence-electron chi connectivity index (χ3n) is 1.80. The molecule has 0 aromatic carbocycles. The van der Waals surface area contributed by atoms with Gasteiger partial charge in [-0.3, -0.25) is 0 Å². The van der Waals surface area contributed by atoms with Crippen molar-refractivity contribution in [3.05, 3.63) is 35.5 Å². The Balaban J connectivity index is 2.39. The van der Waals surface area contributed by atoms with Crippen LogP contribution in [0, 0.1) is 0 Å². The second-order valence-electron chi connectivity index (χ2n) is 2.74. The number of hydrogen-bond acceptors (Lipinski definition) is 5. The second kappa shape index (κ2) is 4.18. The van der Waals surface area contributed by atoms with E-state index in [1.807, 2.05) is 11.4 Å². The summed E-state index contributed by atoms with van der Waals surface area (Å²) in [5, 5.41) is 2.66. The predicted octanol–water partition coefficient (Wildman–Crippen LogP) is 1.99. The Hall–Kier alpha value is -1.75. The summed E-state index contributed by atoms with van der Waals surface area (Å²) in [5.41, 5.74) is 0.984. The number of pyridine rings is 1. The molecule has 0 aliphatic heterocycles. The maximum atomic E-state index is 11.2. The highest BCUT2D eigenvalue weighted by Gasteiger charge is 2.09. The summed E-state index contributed by atoms with van der Waals surface area (Å²) in [6, 6.07) is 5.18. The SMILES string of the molecule is COC(=O)c1cccc(-c2nccs2)n1. The molecule has 0 saturated carbocycles. The van der Waals surface area contributed by atoms with E-state index in [1.165, 1.54) is 18.4 Å². The molecule has 2 rings (SSSR count). The fourth-order valence-electron chi connectivity index (χ4n) is 1.12. The first-order valence-electron chi connectivity index (χ1n) is 4.26. The van der Waals surface area contributed by atoms with Crippen LogP contribution in [0.4, 0.5) is 0 Å². The Kier molecular flexibility index (Phi) is 2.73. The van der Waals surface area contributed by atoms with Gasteiger partial charge in [-0.05, 0) is 12.1 Å². The van der Waals surface area contributed by atoms with Crippen LogP contribution in [0.1, 0.15) is 10.5 Å². The quantitative estimate of drug-likeness (QED) is 0.726. The number of hydrogen-bond donors (Lipinski definition) is 0. The van der Waals surface area contributed by atoms with Gasteiger partial charge in [0.05, 0.1) is 12.8 Å². The Bertz CT molecular complexity index is 468. The van der Waals surface area contributed by atoms with Gasteiger partial charge in [0.25, 0.3) is 0 Å². The summed E-state index contributed by atoms with van der Waals surface area (Å²) in [4.78, 5) is 19.5. The lowest BCUT2D eigenvalue weighted by molar-refractivity contribution is 0.0594. The van der Waals surface area contributed by atoms with Crippen LogP contribution in [0.25, 0.3) is 10.7 Å². The highest BCUT2D eigenvalue weighted by atomic mass is 32.1. The van der Waals surface area contributed by atoms with Crippen LogP contribution in [0.2, 0.25) is 0 Å². The molecule has 2 aromatic rings. The van der Waals surface area contributed by atoms with Gasteiger partial charge >= 0.3 is 5.97 Å². The van der Waals surface area contributed by atoms with Crippen molar-refractivity contribution < 1.29 is 9.53 Å². The standard InChI is InChI=1S/C10H8N2O2S/c1-14-10(13)8-4-2-3-7(12-8)9-11-5-6-15-9/h2-6H,1H3. The number of nitrogens with zero attached hydrogens (tertiary/aromatic N) is 2. The third kappa shape index (κ3) is 2.02. The minimum atomic E-state index is -0.437. The van der Waals surface area contributed by atoms with E-state index in [4.69, 9.17) is 0 Å². The molecule has 0 N–H and O–H groups in total. The number of methoxy groups -OCH3 is 1. The van der Waals surface area contributed by atoms with Gasteiger partial charge in [0.1, 0.15) is 10.7 Å². The van der Waals surface area contributed by atoms with Crippen molar-refractivity contribution in [2.24, 2.45) is 0 Å². The van der Waals surface area contributed by atoms with Gasteiger partial charge in [-0.2, -0.15) is 0 Å². The Morgan fingerprint density at radius 1 is 1.47 bits per heavy atom. The van der Waals surface area contributed by atoms with Crippen molar-refractivity contribution in [2.75, 3.05) is 7.11 Å². The van der Waals surface area contributed by atoms with Crippen molar-refractivity contribution in [3.8, 4) is 10.7 Å². The molecule has 0 unspecified atom stereocenters. The van der Waals surface area contributed by atoms with E-state index in [0.717, 1.165) is 5.01 Å². The normalized spacial score (nSPS) is 9.93. The summed E-state index contributed by atoms with van der Waals surface area (Å²) >= 11 is 1.48. The minimum Gasteiger partial charge on any atom is -0.464 e. The van der Waals surface area contributed by atoms with Crippen LogP contribution in [0.5, 0.6) is 0 Å². The van der Waals surface area contributed by atoms with E-state index in [-0.39, 0.29) is 0 Å². The summed E-state index contributed by atoms with van der Waals surface area (Å²) in [6.45, 7) is 0. The Morgan fingerprint density at radius 2 is 2.33 bits per heavy atom. The summed E-state index contributed by atoms with van der Waals surface area (Å²) in [5.74, 6) is -0.437. The maximum absolute atomic E-state index is 11.2. The fraction of sp³-hybridized carbons (Fsp3) is 0.100. The highest BCUT2D eigenvalue weighted by molar-refractivity contribution is 7.13. The number of rotatable bonds is 2. The largest absolute Gasteiger partial charge is 0.464 e. The molecule has 5 heteroatoms. The molecule has 76 valence electrons. The lowest BCUT2D eigenvalue weighted by Gasteiger charge is -1.99. The average molecular weight is 220 g/mol. The monoisotopic (exact) mass is 220 g/mol. The molecule has 0 radical (unpaired) electrons. The second-order valence-corrected chi connectivity index (χ2v) is 3.63. The van der Waals surface area contributed by atoms with Gasteiger partial charge in [0.15, 0.2) is 0 Å². The molecular formula is C10H8N2O2S. The number of ether oxygens (including phenoxy) is 1. The third-order valence-corrected chi connectivity index (χ3v) is 2.59. The zero-order valence-electron chi connectivity index (χ0n) is 8.01. The summed E-state index contributed by atoms with van der Waals surface area (Å²) < 4.78 is 4.59. The van der Waals surface area contributed by atoms with Crippen molar-refractivity contribution in [1.82, 2.24) is 9.97 Å². The van der Waals surface area contributed by atoms with Gasteiger partial charge in [-0.25, -0.2) is 14.8 Å². The maximum Gasteiger partial charge on any atom is 0.356 e. The molecule has 4 nitrogen and oxygen atoms in total. The first kappa shape index (κ1) is 9.79. The van der Waals surface area contributed by atoms with E-state index in [9.17, 15) is 4.79 Å². The molecule has 0 bridgehead atoms. The Morgan fingerprint density at radius 3 is 3.00 bits per heavy atom. The van der Waals surface area contributed by atoms with Crippen molar-refractivity contribution in [1.29, 1.82) is 0 Å². The van der Waals surface area contributed by atoms with E-state index >= 15 is 0 Å². The fourth-order valence-corrected chi connectivity index (χ4v) is 1.73. The Labute approximate surface area is 90.6 Å². The van der Waals surface area contributed by atoms with Crippen LogP contribution in [0.15, 0.2) is 29.8 Å².